The lowest BCUT2D eigenvalue weighted by molar-refractivity contribution is 0.748. The molecule has 0 saturated heterocycles. The van der Waals surface area contributed by atoms with Crippen LogP contribution in [0.15, 0.2) is 6.33 Å². The summed E-state index contributed by atoms with van der Waals surface area (Å²) in [6, 6.07) is 0.644. The predicted octanol–water partition coefficient (Wildman–Crippen LogP) is 1.92. The third-order valence-electron chi connectivity index (χ3n) is 2.35. The molecule has 2 rings (SSSR count). The van der Waals surface area contributed by atoms with Gasteiger partial charge in [0.15, 0.2) is 0 Å². The van der Waals surface area contributed by atoms with Gasteiger partial charge in [-0.25, -0.2) is 4.98 Å². The van der Waals surface area contributed by atoms with E-state index in [0.717, 1.165) is 11.5 Å². The first-order chi connectivity index (χ1) is 5.70. The largest absolute Gasteiger partial charge is 0.384 e. The van der Waals surface area contributed by atoms with Gasteiger partial charge in [0, 0.05) is 6.04 Å². The van der Waals surface area contributed by atoms with Crippen LogP contribution < -0.4 is 5.73 Å². The molecule has 1 aliphatic rings. The first-order valence-electron chi connectivity index (χ1n) is 4.52. The molecule has 3 nitrogen and oxygen atoms in total. The maximum absolute atomic E-state index is 5.95. The van der Waals surface area contributed by atoms with Crippen LogP contribution in [-0.4, -0.2) is 9.55 Å². The van der Waals surface area contributed by atoms with Gasteiger partial charge in [-0.05, 0) is 18.8 Å². The summed E-state index contributed by atoms with van der Waals surface area (Å²) in [6.07, 6.45) is 4.40. The molecule has 1 aliphatic carbocycles. The van der Waals surface area contributed by atoms with Crippen molar-refractivity contribution in [1.82, 2.24) is 9.55 Å². The van der Waals surface area contributed by atoms with Crippen molar-refractivity contribution in [2.45, 2.75) is 38.6 Å². The van der Waals surface area contributed by atoms with Crippen LogP contribution in [0.25, 0.3) is 0 Å². The summed E-state index contributed by atoms with van der Waals surface area (Å²) in [4.78, 5) is 4.31. The Morgan fingerprint density at radius 3 is 2.67 bits per heavy atom. The van der Waals surface area contributed by atoms with Crippen LogP contribution in [0.3, 0.4) is 0 Å². The molecule has 1 saturated carbocycles. The number of nitrogens with zero attached hydrogens (tertiary/aromatic N) is 2. The van der Waals surface area contributed by atoms with E-state index in [0.29, 0.717) is 12.0 Å². The van der Waals surface area contributed by atoms with Gasteiger partial charge in [-0.3, -0.25) is 0 Å². The zero-order valence-electron chi connectivity index (χ0n) is 7.62. The minimum Gasteiger partial charge on any atom is -0.384 e. The second-order valence-electron chi connectivity index (χ2n) is 3.81. The second-order valence-corrected chi connectivity index (χ2v) is 3.81. The summed E-state index contributed by atoms with van der Waals surface area (Å²) in [7, 11) is 0. The first-order valence-corrected chi connectivity index (χ1v) is 4.52. The molecule has 0 aromatic carbocycles. The fourth-order valence-corrected chi connectivity index (χ4v) is 1.47. The smallest absolute Gasteiger partial charge is 0.127 e. The van der Waals surface area contributed by atoms with E-state index >= 15 is 0 Å². The van der Waals surface area contributed by atoms with Crippen molar-refractivity contribution >= 4 is 5.82 Å². The zero-order valence-corrected chi connectivity index (χ0v) is 7.62. The fraction of sp³-hybridized carbons (Fsp3) is 0.667. The maximum Gasteiger partial charge on any atom is 0.127 e. The summed E-state index contributed by atoms with van der Waals surface area (Å²) in [5.41, 5.74) is 6.99. The Morgan fingerprint density at radius 1 is 1.58 bits per heavy atom. The average molecular weight is 165 g/mol. The highest BCUT2D eigenvalue weighted by molar-refractivity contribution is 5.39. The summed E-state index contributed by atoms with van der Waals surface area (Å²) in [5, 5.41) is 0. The van der Waals surface area contributed by atoms with Crippen LogP contribution in [0.2, 0.25) is 0 Å². The molecule has 0 spiro atoms. The molecule has 0 atom stereocenters. The summed E-state index contributed by atoms with van der Waals surface area (Å²) in [6.45, 7) is 4.24. The molecular formula is C9H15N3. The molecular weight excluding hydrogens is 150 g/mol. The van der Waals surface area contributed by atoms with Gasteiger partial charge in [-0.2, -0.15) is 0 Å². The summed E-state index contributed by atoms with van der Waals surface area (Å²) < 4.78 is 2.11. The van der Waals surface area contributed by atoms with E-state index in [1.165, 1.54) is 12.8 Å². The molecule has 1 aromatic rings. The lowest BCUT2D eigenvalue weighted by Crippen LogP contribution is -2.01. The van der Waals surface area contributed by atoms with Crippen LogP contribution in [0.4, 0.5) is 5.82 Å². The van der Waals surface area contributed by atoms with Crippen LogP contribution >= 0.6 is 0 Å². The quantitative estimate of drug-likeness (QED) is 0.727. The van der Waals surface area contributed by atoms with Gasteiger partial charge in [0.05, 0.1) is 12.0 Å². The second kappa shape index (κ2) is 2.51. The van der Waals surface area contributed by atoms with Crippen molar-refractivity contribution in [2.75, 3.05) is 5.73 Å². The van der Waals surface area contributed by atoms with Gasteiger partial charge in [-0.1, -0.05) is 13.8 Å². The lowest BCUT2D eigenvalue weighted by Gasteiger charge is -2.04. The highest BCUT2D eigenvalue weighted by Crippen LogP contribution is 2.38. The molecule has 3 heteroatoms. The number of nitrogens with two attached hydrogens (primary N) is 1. The molecule has 66 valence electrons. The standard InChI is InChI=1S/C9H15N3/c1-6(2)8-9(10)12(5-11-8)7-3-4-7/h5-7H,3-4,10H2,1-2H3. The zero-order chi connectivity index (χ0) is 8.72. The Morgan fingerprint density at radius 2 is 2.25 bits per heavy atom. The Hall–Kier alpha value is -0.990. The number of imidazole rings is 1. The number of anilines is 1. The van der Waals surface area contributed by atoms with E-state index in [4.69, 9.17) is 5.73 Å². The van der Waals surface area contributed by atoms with E-state index < -0.39 is 0 Å². The van der Waals surface area contributed by atoms with E-state index in [2.05, 4.69) is 23.4 Å². The minimum atomic E-state index is 0.435. The predicted molar refractivity (Wildman–Crippen MR) is 49.0 cm³/mol. The SMILES string of the molecule is CC(C)c1ncn(C2CC2)c1N. The number of nitrogen functional groups attached to an aromatic ring is 1. The molecule has 12 heavy (non-hydrogen) atoms. The van der Waals surface area contributed by atoms with E-state index in [1.807, 2.05) is 6.33 Å². The molecule has 1 heterocycles. The summed E-state index contributed by atoms with van der Waals surface area (Å²) >= 11 is 0. The summed E-state index contributed by atoms with van der Waals surface area (Å²) in [5.74, 6) is 1.30. The molecule has 0 radical (unpaired) electrons. The van der Waals surface area contributed by atoms with Gasteiger partial charge in [0.2, 0.25) is 0 Å². The Bertz CT molecular complexity index is 264. The Balaban J connectivity index is 2.33. The third-order valence-corrected chi connectivity index (χ3v) is 2.35. The molecule has 0 bridgehead atoms. The molecule has 1 fully saturated rings. The van der Waals surface area contributed by atoms with Gasteiger partial charge in [0.1, 0.15) is 5.82 Å². The molecule has 2 N–H and O–H groups in total. The highest BCUT2D eigenvalue weighted by Gasteiger charge is 2.26. The monoisotopic (exact) mass is 165 g/mol. The molecule has 0 unspecified atom stereocenters. The van der Waals surface area contributed by atoms with Crippen LogP contribution in [0.1, 0.15) is 44.3 Å². The van der Waals surface area contributed by atoms with Crippen LogP contribution in [-0.2, 0) is 0 Å². The van der Waals surface area contributed by atoms with E-state index in [-0.39, 0.29) is 0 Å². The number of hydrogen-bond donors (Lipinski definition) is 1. The van der Waals surface area contributed by atoms with Gasteiger partial charge < -0.3 is 10.3 Å². The van der Waals surface area contributed by atoms with Gasteiger partial charge >= 0.3 is 0 Å². The molecule has 1 aromatic heterocycles. The normalized spacial score (nSPS) is 17.2. The number of aromatic nitrogens is 2. The van der Waals surface area contributed by atoms with Crippen molar-refractivity contribution < 1.29 is 0 Å². The van der Waals surface area contributed by atoms with Crippen molar-refractivity contribution in [3.05, 3.63) is 12.0 Å². The molecule has 0 amide bonds. The topological polar surface area (TPSA) is 43.8 Å². The Kier molecular flexibility index (Phi) is 1.60. The third kappa shape index (κ3) is 1.09. The molecule has 0 aliphatic heterocycles. The average Bonchev–Trinajstić information content (AvgIpc) is 2.75. The van der Waals surface area contributed by atoms with Crippen molar-refractivity contribution in [1.29, 1.82) is 0 Å². The maximum atomic E-state index is 5.95. The van der Waals surface area contributed by atoms with Crippen molar-refractivity contribution in [2.24, 2.45) is 0 Å². The van der Waals surface area contributed by atoms with E-state index in [1.54, 1.807) is 0 Å². The fourth-order valence-electron chi connectivity index (χ4n) is 1.47. The lowest BCUT2D eigenvalue weighted by atomic mass is 10.1. The van der Waals surface area contributed by atoms with Crippen molar-refractivity contribution in [3.8, 4) is 0 Å². The Labute approximate surface area is 72.6 Å². The van der Waals surface area contributed by atoms with Crippen LogP contribution in [0, 0.1) is 0 Å². The van der Waals surface area contributed by atoms with E-state index in [9.17, 15) is 0 Å². The highest BCUT2D eigenvalue weighted by atomic mass is 15.2. The number of rotatable bonds is 2. The van der Waals surface area contributed by atoms with Gasteiger partial charge in [0.25, 0.3) is 0 Å². The van der Waals surface area contributed by atoms with Gasteiger partial charge in [-0.15, -0.1) is 0 Å². The minimum absolute atomic E-state index is 0.435. The number of hydrogen-bond acceptors (Lipinski definition) is 2. The first kappa shape index (κ1) is 7.65. The van der Waals surface area contributed by atoms with Crippen molar-refractivity contribution in [3.63, 3.8) is 0 Å². The van der Waals surface area contributed by atoms with Crippen LogP contribution in [0.5, 0.6) is 0 Å².